The maximum absolute atomic E-state index is 13.6. The van der Waals surface area contributed by atoms with Gasteiger partial charge < -0.3 is 9.47 Å². The van der Waals surface area contributed by atoms with Gasteiger partial charge in [-0.15, -0.1) is 0 Å². The van der Waals surface area contributed by atoms with Gasteiger partial charge in [-0.25, -0.2) is 19.1 Å². The van der Waals surface area contributed by atoms with Crippen LogP contribution in [0.25, 0.3) is 10.9 Å². The van der Waals surface area contributed by atoms with Crippen molar-refractivity contribution in [3.63, 3.8) is 0 Å². The molecule has 22 heavy (non-hydrogen) atoms. The number of aromatic nitrogens is 2. The van der Waals surface area contributed by atoms with E-state index in [0.29, 0.717) is 9.09 Å². The number of nitrogens with zero attached hydrogens (tertiary/aromatic N) is 2. The molecule has 0 amide bonds. The van der Waals surface area contributed by atoms with E-state index in [0.717, 1.165) is 13.2 Å². The van der Waals surface area contributed by atoms with Crippen molar-refractivity contribution in [1.29, 1.82) is 0 Å². The van der Waals surface area contributed by atoms with Crippen LogP contribution < -0.4 is 0 Å². The molecule has 0 atom stereocenters. The Morgan fingerprint density at radius 3 is 2.50 bits per heavy atom. The van der Waals surface area contributed by atoms with Crippen molar-refractivity contribution in [3.8, 4) is 0 Å². The first-order chi connectivity index (χ1) is 10.1. The van der Waals surface area contributed by atoms with Crippen molar-refractivity contribution in [2.75, 3.05) is 7.11 Å². The Morgan fingerprint density at radius 1 is 1.32 bits per heavy atom. The van der Waals surface area contributed by atoms with Gasteiger partial charge in [0.05, 0.1) is 16.3 Å². The molecule has 2 heterocycles. The Kier molecular flexibility index (Phi) is 4.41. The molecule has 0 aliphatic heterocycles. The molecular weight excluding hydrogens is 406 g/mol. The van der Waals surface area contributed by atoms with Gasteiger partial charge in [-0.1, -0.05) is 0 Å². The Balaban J connectivity index is 2.71. The van der Waals surface area contributed by atoms with E-state index in [2.05, 4.69) is 9.72 Å². The quantitative estimate of drug-likeness (QED) is 0.402. The first-order valence-electron chi connectivity index (χ1n) is 6.33. The van der Waals surface area contributed by atoms with Gasteiger partial charge in [0, 0.05) is 11.5 Å². The van der Waals surface area contributed by atoms with Crippen LogP contribution >= 0.6 is 22.6 Å². The summed E-state index contributed by atoms with van der Waals surface area (Å²) in [5.74, 6) is -1.66. The first-order valence-corrected chi connectivity index (χ1v) is 7.41. The number of fused-ring (bicyclic) bond motifs is 1. The molecule has 0 aliphatic carbocycles. The van der Waals surface area contributed by atoms with Crippen molar-refractivity contribution in [1.82, 2.24) is 9.55 Å². The fraction of sp³-hybridized carbons (Fsp3) is 0.357. The zero-order valence-electron chi connectivity index (χ0n) is 12.4. The van der Waals surface area contributed by atoms with Crippen LogP contribution in [0.2, 0.25) is 0 Å². The van der Waals surface area contributed by atoms with Crippen LogP contribution in [0.15, 0.2) is 12.1 Å². The second-order valence-corrected chi connectivity index (χ2v) is 6.61. The molecule has 0 saturated carbocycles. The Labute approximate surface area is 139 Å². The summed E-state index contributed by atoms with van der Waals surface area (Å²) in [5, 5.41) is 0.364. The third kappa shape index (κ3) is 3.21. The number of halogens is 2. The lowest BCUT2D eigenvalue weighted by molar-refractivity contribution is 0.0540. The van der Waals surface area contributed by atoms with Crippen LogP contribution in [-0.2, 0) is 9.47 Å². The van der Waals surface area contributed by atoms with Crippen LogP contribution in [0, 0.1) is 9.65 Å². The maximum atomic E-state index is 13.6. The average molecular weight is 420 g/mol. The molecule has 0 bridgehead atoms. The van der Waals surface area contributed by atoms with Gasteiger partial charge in [-0.3, -0.25) is 0 Å². The molecule has 2 aromatic rings. The lowest BCUT2D eigenvalue weighted by Gasteiger charge is -2.20. The Morgan fingerprint density at radius 2 is 1.95 bits per heavy atom. The van der Waals surface area contributed by atoms with E-state index in [-0.39, 0.29) is 11.2 Å². The molecule has 0 N–H and O–H groups in total. The van der Waals surface area contributed by atoms with Gasteiger partial charge in [0.2, 0.25) is 5.95 Å². The van der Waals surface area contributed by atoms with Gasteiger partial charge in [-0.05, 0) is 49.4 Å². The molecule has 2 rings (SSSR count). The smallest absolute Gasteiger partial charge is 0.419 e. The zero-order chi connectivity index (χ0) is 16.7. The molecular formula is C14H14FIN2O4. The van der Waals surface area contributed by atoms with E-state index in [9.17, 15) is 14.0 Å². The van der Waals surface area contributed by atoms with Crippen LogP contribution in [0.5, 0.6) is 0 Å². The van der Waals surface area contributed by atoms with E-state index in [1.165, 1.54) is 4.57 Å². The van der Waals surface area contributed by atoms with Gasteiger partial charge in [-0.2, -0.15) is 4.39 Å². The second-order valence-electron chi connectivity index (χ2n) is 5.51. The molecule has 0 aromatic carbocycles. The summed E-state index contributed by atoms with van der Waals surface area (Å²) in [6.07, 6.45) is -0.675. The molecule has 8 heteroatoms. The zero-order valence-corrected chi connectivity index (χ0v) is 14.6. The summed E-state index contributed by atoms with van der Waals surface area (Å²) >= 11 is 1.90. The minimum absolute atomic E-state index is 0.159. The highest BCUT2D eigenvalue weighted by Gasteiger charge is 2.26. The average Bonchev–Trinajstić information content (AvgIpc) is 2.70. The largest absolute Gasteiger partial charge is 0.464 e. The molecule has 0 saturated heterocycles. The number of esters is 1. The van der Waals surface area contributed by atoms with Gasteiger partial charge in [0.25, 0.3) is 0 Å². The van der Waals surface area contributed by atoms with Crippen molar-refractivity contribution in [2.45, 2.75) is 26.4 Å². The predicted molar refractivity (Wildman–Crippen MR) is 85.4 cm³/mol. The van der Waals surface area contributed by atoms with Gasteiger partial charge in [0.1, 0.15) is 5.60 Å². The lowest BCUT2D eigenvalue weighted by atomic mass is 10.2. The van der Waals surface area contributed by atoms with E-state index in [1.807, 2.05) is 22.6 Å². The summed E-state index contributed by atoms with van der Waals surface area (Å²) in [7, 11) is 1.16. The second kappa shape index (κ2) is 5.82. The summed E-state index contributed by atoms with van der Waals surface area (Å²) in [6, 6.07) is 2.71. The van der Waals surface area contributed by atoms with Gasteiger partial charge >= 0.3 is 12.1 Å². The Hall–Kier alpha value is -1.71. The van der Waals surface area contributed by atoms with Crippen molar-refractivity contribution >= 4 is 45.6 Å². The number of carbonyl (C=O) groups is 2. The van der Waals surface area contributed by atoms with Gasteiger partial charge in [0.15, 0.2) is 5.69 Å². The molecule has 6 nitrogen and oxygen atoms in total. The number of hydrogen-bond acceptors (Lipinski definition) is 5. The van der Waals surface area contributed by atoms with Crippen LogP contribution in [0.1, 0.15) is 31.3 Å². The molecule has 0 fully saturated rings. The molecule has 0 radical (unpaired) electrons. The predicted octanol–water partition coefficient (Wildman–Crippen LogP) is 3.35. The molecule has 0 spiro atoms. The number of hydrogen-bond donors (Lipinski definition) is 0. The third-order valence-corrected chi connectivity index (χ3v) is 3.45. The topological polar surface area (TPSA) is 70.4 Å². The molecule has 2 aromatic heterocycles. The number of methoxy groups -OCH3 is 1. The molecule has 118 valence electrons. The number of carbonyl (C=O) groups excluding carboxylic acids is 2. The maximum Gasteiger partial charge on any atom is 0.419 e. The van der Waals surface area contributed by atoms with Crippen LogP contribution in [-0.4, -0.2) is 34.3 Å². The fourth-order valence-electron chi connectivity index (χ4n) is 1.90. The highest BCUT2D eigenvalue weighted by atomic mass is 127. The Bertz CT molecular complexity index is 764. The number of pyridine rings is 1. The van der Waals surface area contributed by atoms with E-state index in [1.54, 1.807) is 26.8 Å². The lowest BCUT2D eigenvalue weighted by Crippen LogP contribution is -2.28. The highest BCUT2D eigenvalue weighted by Crippen LogP contribution is 2.26. The summed E-state index contributed by atoms with van der Waals surface area (Å²) in [5.41, 5.74) is -0.825. The summed E-state index contributed by atoms with van der Waals surface area (Å²) in [6.45, 7) is 5.17. The van der Waals surface area contributed by atoms with E-state index < -0.39 is 23.6 Å². The number of ether oxygens (including phenoxy) is 2. The molecule has 0 unspecified atom stereocenters. The normalized spacial score (nSPS) is 11.5. The van der Waals surface area contributed by atoms with E-state index in [4.69, 9.17) is 4.74 Å². The standard InChI is InChI=1S/C14H14FIN2O4/c1-14(2,3)22-13(20)18-9(16)6-7-5-8(15)17-10(11(7)18)12(19)21-4/h5-6H,1-4H3. The minimum atomic E-state index is -0.830. The third-order valence-electron chi connectivity index (χ3n) is 2.66. The first kappa shape index (κ1) is 16.7. The fourth-order valence-corrected chi connectivity index (χ4v) is 2.67. The molecule has 0 aliphatic rings. The van der Waals surface area contributed by atoms with Crippen molar-refractivity contribution < 1.29 is 23.5 Å². The van der Waals surface area contributed by atoms with Crippen molar-refractivity contribution in [3.05, 3.63) is 27.5 Å². The summed E-state index contributed by atoms with van der Waals surface area (Å²) < 4.78 is 25.1. The SMILES string of the molecule is COC(=O)c1nc(F)cc2cc(I)n(C(=O)OC(C)(C)C)c12. The highest BCUT2D eigenvalue weighted by molar-refractivity contribution is 14.1. The van der Waals surface area contributed by atoms with Crippen LogP contribution in [0.4, 0.5) is 9.18 Å². The van der Waals surface area contributed by atoms with E-state index >= 15 is 0 Å². The minimum Gasteiger partial charge on any atom is -0.464 e. The summed E-state index contributed by atoms with van der Waals surface area (Å²) in [4.78, 5) is 27.7. The monoisotopic (exact) mass is 420 g/mol. The van der Waals surface area contributed by atoms with Crippen molar-refractivity contribution in [2.24, 2.45) is 0 Å². The number of rotatable bonds is 1. The van der Waals surface area contributed by atoms with Crippen LogP contribution in [0.3, 0.4) is 0 Å².